The van der Waals surface area contributed by atoms with E-state index in [0.29, 0.717) is 0 Å². The van der Waals surface area contributed by atoms with E-state index in [4.69, 9.17) is 0 Å². The lowest BCUT2D eigenvalue weighted by atomic mass is 10.5. The third-order valence-corrected chi connectivity index (χ3v) is 1.39. The highest BCUT2D eigenvalue weighted by atomic mass is 16.5. The summed E-state index contributed by atoms with van der Waals surface area (Å²) in [6.07, 6.45) is 1.82. The van der Waals surface area contributed by atoms with Gasteiger partial charge in [-0.1, -0.05) is 0 Å². The van der Waals surface area contributed by atoms with Gasteiger partial charge in [-0.15, -0.1) is 0 Å². The van der Waals surface area contributed by atoms with E-state index in [0.717, 1.165) is 12.2 Å². The van der Waals surface area contributed by atoms with Gasteiger partial charge < -0.3 is 14.4 Å². The molecular weight excluding hydrogens is 202 g/mol. The molecule has 0 saturated carbocycles. The Hall–Kier alpha value is -1.85. The summed E-state index contributed by atoms with van der Waals surface area (Å²) in [7, 11) is 4.27. The van der Waals surface area contributed by atoms with Gasteiger partial charge in [0.15, 0.2) is 6.61 Å². The third-order valence-electron chi connectivity index (χ3n) is 1.39. The first kappa shape index (κ1) is 13.2. The van der Waals surface area contributed by atoms with Gasteiger partial charge in [-0.25, -0.2) is 9.59 Å². The van der Waals surface area contributed by atoms with Crippen LogP contribution in [0, 0.1) is 0 Å². The topological polar surface area (TPSA) is 72.9 Å². The van der Waals surface area contributed by atoms with Gasteiger partial charge in [0.05, 0.1) is 7.11 Å². The second-order valence-corrected chi connectivity index (χ2v) is 2.75. The normalized spacial score (nSPS) is 9.80. The van der Waals surface area contributed by atoms with Crippen molar-refractivity contribution in [3.63, 3.8) is 0 Å². The molecule has 0 N–H and O–H groups in total. The molecule has 0 heterocycles. The number of esters is 2. The number of rotatable bonds is 4. The molecule has 0 bridgehead atoms. The molecule has 6 nitrogen and oxygen atoms in total. The summed E-state index contributed by atoms with van der Waals surface area (Å²) >= 11 is 0. The Bertz CT molecular complexity index is 282. The Labute approximate surface area is 87.4 Å². The lowest BCUT2D eigenvalue weighted by molar-refractivity contribution is -0.147. The zero-order valence-electron chi connectivity index (χ0n) is 8.85. The van der Waals surface area contributed by atoms with Crippen LogP contribution in [0.15, 0.2) is 12.2 Å². The average molecular weight is 215 g/mol. The van der Waals surface area contributed by atoms with E-state index in [1.807, 2.05) is 0 Å². The fourth-order valence-electron chi connectivity index (χ4n) is 0.514. The second kappa shape index (κ2) is 6.58. The van der Waals surface area contributed by atoms with Crippen molar-refractivity contribution in [2.75, 3.05) is 27.8 Å². The number of methoxy groups -OCH3 is 1. The van der Waals surface area contributed by atoms with Gasteiger partial charge in [-0.3, -0.25) is 4.79 Å². The van der Waals surface area contributed by atoms with Crippen LogP contribution < -0.4 is 0 Å². The minimum Gasteiger partial charge on any atom is -0.466 e. The van der Waals surface area contributed by atoms with Crippen LogP contribution in [-0.2, 0) is 23.9 Å². The summed E-state index contributed by atoms with van der Waals surface area (Å²) in [5, 5.41) is 0. The monoisotopic (exact) mass is 215 g/mol. The van der Waals surface area contributed by atoms with E-state index in [1.54, 1.807) is 14.1 Å². The van der Waals surface area contributed by atoms with E-state index < -0.39 is 11.9 Å². The Kier molecular flexibility index (Phi) is 5.77. The van der Waals surface area contributed by atoms with Crippen LogP contribution in [0.1, 0.15) is 0 Å². The predicted molar refractivity (Wildman–Crippen MR) is 50.8 cm³/mol. The fraction of sp³-hybridized carbons (Fsp3) is 0.444. The molecule has 0 aliphatic carbocycles. The highest BCUT2D eigenvalue weighted by molar-refractivity contribution is 5.92. The fourth-order valence-corrected chi connectivity index (χ4v) is 0.514. The van der Waals surface area contributed by atoms with Crippen LogP contribution in [0.25, 0.3) is 0 Å². The molecule has 0 aliphatic rings. The smallest absolute Gasteiger partial charge is 0.331 e. The maximum atomic E-state index is 11.0. The SMILES string of the molecule is COC(=O)C=CC(=O)OCC(=O)N(C)C. The van der Waals surface area contributed by atoms with E-state index in [2.05, 4.69) is 9.47 Å². The molecule has 0 unspecified atom stereocenters. The van der Waals surface area contributed by atoms with E-state index in [1.165, 1.54) is 12.0 Å². The summed E-state index contributed by atoms with van der Waals surface area (Å²) in [5.41, 5.74) is 0. The molecule has 0 aliphatic heterocycles. The second-order valence-electron chi connectivity index (χ2n) is 2.75. The van der Waals surface area contributed by atoms with E-state index in [-0.39, 0.29) is 12.5 Å². The number of nitrogens with zero attached hydrogens (tertiary/aromatic N) is 1. The number of carbonyl (C=O) groups is 3. The first-order chi connectivity index (χ1) is 6.97. The van der Waals surface area contributed by atoms with Gasteiger partial charge >= 0.3 is 11.9 Å². The average Bonchev–Trinajstić information content (AvgIpc) is 2.21. The predicted octanol–water partition coefficient (Wildman–Crippen LogP) is -0.653. The number of hydrogen-bond donors (Lipinski definition) is 0. The number of hydrogen-bond acceptors (Lipinski definition) is 5. The van der Waals surface area contributed by atoms with Gasteiger partial charge in [-0.2, -0.15) is 0 Å². The van der Waals surface area contributed by atoms with Gasteiger partial charge in [0.2, 0.25) is 0 Å². The molecule has 0 aromatic heterocycles. The summed E-state index contributed by atoms with van der Waals surface area (Å²) in [5.74, 6) is -1.77. The maximum Gasteiger partial charge on any atom is 0.331 e. The van der Waals surface area contributed by atoms with Crippen LogP contribution in [0.5, 0.6) is 0 Å². The van der Waals surface area contributed by atoms with Crippen molar-refractivity contribution in [3.05, 3.63) is 12.2 Å². The van der Waals surface area contributed by atoms with Crippen LogP contribution >= 0.6 is 0 Å². The zero-order chi connectivity index (χ0) is 11.8. The first-order valence-corrected chi connectivity index (χ1v) is 4.10. The van der Waals surface area contributed by atoms with E-state index >= 15 is 0 Å². The summed E-state index contributed by atoms with van der Waals surface area (Å²) in [6.45, 7) is -0.350. The molecule has 0 radical (unpaired) electrons. The molecule has 1 amide bonds. The van der Waals surface area contributed by atoms with Crippen molar-refractivity contribution in [1.29, 1.82) is 0 Å². The molecule has 6 heteroatoms. The molecule has 0 spiro atoms. The molecule has 0 aromatic carbocycles. The Morgan fingerprint density at radius 2 is 1.67 bits per heavy atom. The van der Waals surface area contributed by atoms with Gasteiger partial charge in [0, 0.05) is 26.2 Å². The lowest BCUT2D eigenvalue weighted by Crippen LogP contribution is -2.27. The summed E-state index contributed by atoms with van der Waals surface area (Å²) < 4.78 is 8.79. The first-order valence-electron chi connectivity index (χ1n) is 4.10. The Morgan fingerprint density at radius 1 is 1.13 bits per heavy atom. The molecular formula is C9H13NO5. The van der Waals surface area contributed by atoms with Crippen molar-refractivity contribution in [2.24, 2.45) is 0 Å². The highest BCUT2D eigenvalue weighted by Gasteiger charge is 2.06. The lowest BCUT2D eigenvalue weighted by Gasteiger charge is -2.09. The number of carbonyl (C=O) groups excluding carboxylic acids is 3. The Morgan fingerprint density at radius 3 is 2.13 bits per heavy atom. The molecule has 0 atom stereocenters. The van der Waals surface area contributed by atoms with Crippen molar-refractivity contribution in [2.45, 2.75) is 0 Å². The number of ether oxygens (including phenoxy) is 2. The molecule has 0 aromatic rings. The minimum absolute atomic E-state index is 0.338. The summed E-state index contributed by atoms with van der Waals surface area (Å²) in [6, 6.07) is 0. The molecule has 0 rings (SSSR count). The summed E-state index contributed by atoms with van der Waals surface area (Å²) in [4.78, 5) is 33.7. The number of amides is 1. The van der Waals surface area contributed by atoms with Crippen LogP contribution in [0.4, 0.5) is 0 Å². The molecule has 15 heavy (non-hydrogen) atoms. The maximum absolute atomic E-state index is 11.0. The van der Waals surface area contributed by atoms with Crippen molar-refractivity contribution < 1.29 is 23.9 Å². The van der Waals surface area contributed by atoms with Crippen molar-refractivity contribution in [1.82, 2.24) is 4.90 Å². The number of likely N-dealkylation sites (N-methyl/N-ethyl adjacent to an activating group) is 1. The standard InChI is InChI=1S/C9H13NO5/c1-10(2)7(11)6-15-9(13)5-4-8(12)14-3/h4-5H,6H2,1-3H3. The van der Waals surface area contributed by atoms with Crippen LogP contribution in [0.2, 0.25) is 0 Å². The van der Waals surface area contributed by atoms with Gasteiger partial charge in [0.25, 0.3) is 5.91 Å². The largest absolute Gasteiger partial charge is 0.466 e. The minimum atomic E-state index is -0.768. The molecule has 0 saturated heterocycles. The zero-order valence-corrected chi connectivity index (χ0v) is 8.85. The molecule has 0 fully saturated rings. The van der Waals surface area contributed by atoms with Crippen molar-refractivity contribution >= 4 is 17.8 Å². The highest BCUT2D eigenvalue weighted by Crippen LogP contribution is 1.86. The van der Waals surface area contributed by atoms with Crippen LogP contribution in [0.3, 0.4) is 0 Å². The van der Waals surface area contributed by atoms with Crippen LogP contribution in [-0.4, -0.2) is 50.6 Å². The molecule has 84 valence electrons. The quantitative estimate of drug-likeness (QED) is 0.460. The van der Waals surface area contributed by atoms with Gasteiger partial charge in [0.1, 0.15) is 0 Å². The Balaban J connectivity index is 3.90. The third kappa shape index (κ3) is 6.25. The van der Waals surface area contributed by atoms with Gasteiger partial charge in [-0.05, 0) is 0 Å². The van der Waals surface area contributed by atoms with Crippen molar-refractivity contribution in [3.8, 4) is 0 Å². The van der Waals surface area contributed by atoms with E-state index in [9.17, 15) is 14.4 Å².